The van der Waals surface area contributed by atoms with E-state index in [4.69, 9.17) is 11.5 Å². The average molecular weight is 375 g/mol. The molecule has 2 rings (SSSR count). The number of hydrogen-bond acceptors (Lipinski definition) is 5. The minimum absolute atomic E-state index is 0.00319. The van der Waals surface area contributed by atoms with Crippen LogP contribution in [0.5, 0.6) is 0 Å². The molecule has 0 bridgehead atoms. The number of nitrogens with one attached hydrogen (secondary N) is 2. The van der Waals surface area contributed by atoms with Crippen LogP contribution in [-0.4, -0.2) is 43.4 Å². The van der Waals surface area contributed by atoms with E-state index in [0.717, 1.165) is 31.6 Å². The van der Waals surface area contributed by atoms with Gasteiger partial charge < -0.3 is 27.0 Å². The predicted molar refractivity (Wildman–Crippen MR) is 105 cm³/mol. The molecule has 3 amide bonds. The van der Waals surface area contributed by atoms with Crippen molar-refractivity contribution < 1.29 is 14.4 Å². The molecule has 148 valence electrons. The molecule has 0 unspecified atom stereocenters. The summed E-state index contributed by atoms with van der Waals surface area (Å²) in [6, 6.07) is 6.86. The highest BCUT2D eigenvalue weighted by atomic mass is 16.2. The molecule has 8 heteroatoms. The van der Waals surface area contributed by atoms with Gasteiger partial charge in [0.05, 0.1) is 12.6 Å². The second-order valence-electron chi connectivity index (χ2n) is 7.25. The van der Waals surface area contributed by atoms with Crippen LogP contribution in [0.4, 0.5) is 11.4 Å². The van der Waals surface area contributed by atoms with Crippen molar-refractivity contribution in [1.29, 1.82) is 0 Å². The largest absolute Gasteiger partial charge is 0.371 e. The van der Waals surface area contributed by atoms with Crippen molar-refractivity contribution in [3.05, 3.63) is 24.3 Å². The second kappa shape index (κ2) is 9.36. The van der Waals surface area contributed by atoms with Crippen LogP contribution in [0, 0.1) is 11.8 Å². The first kappa shape index (κ1) is 20.7. The van der Waals surface area contributed by atoms with Gasteiger partial charge in [0.25, 0.3) is 0 Å². The first-order chi connectivity index (χ1) is 12.8. The topological polar surface area (TPSA) is 131 Å². The number of carbonyl (C=O) groups is 3. The van der Waals surface area contributed by atoms with Crippen LogP contribution in [0.3, 0.4) is 0 Å². The van der Waals surface area contributed by atoms with Crippen molar-refractivity contribution >= 4 is 29.1 Å². The maximum Gasteiger partial charge on any atom is 0.243 e. The number of piperidine rings is 1. The summed E-state index contributed by atoms with van der Waals surface area (Å²) in [4.78, 5) is 37.3. The molecule has 1 aromatic rings. The standard InChI is InChI=1S/C19H29N5O3/c1-12(2)17(20)19(27)22-11-16(25)23-14-4-3-5-15(10-14)24-8-6-13(7-9-24)18(21)26/h3-5,10,12-13,17H,6-9,11,20H2,1-2H3,(H2,21,26)(H,22,27)(H,23,25)/t17-/m0/s1. The average Bonchev–Trinajstić information content (AvgIpc) is 2.65. The quantitative estimate of drug-likeness (QED) is 0.549. The third kappa shape index (κ3) is 5.96. The fourth-order valence-electron chi connectivity index (χ4n) is 3.00. The Hall–Kier alpha value is -2.61. The van der Waals surface area contributed by atoms with Crippen molar-refractivity contribution in [1.82, 2.24) is 5.32 Å². The smallest absolute Gasteiger partial charge is 0.243 e. The van der Waals surface area contributed by atoms with Gasteiger partial charge in [-0.2, -0.15) is 0 Å². The maximum atomic E-state index is 12.1. The summed E-state index contributed by atoms with van der Waals surface area (Å²) < 4.78 is 0. The summed E-state index contributed by atoms with van der Waals surface area (Å²) in [5.41, 5.74) is 12.7. The van der Waals surface area contributed by atoms with Gasteiger partial charge in [-0.1, -0.05) is 19.9 Å². The molecule has 1 aliphatic heterocycles. The lowest BCUT2D eigenvalue weighted by atomic mass is 9.96. The zero-order valence-electron chi connectivity index (χ0n) is 15.9. The fraction of sp³-hybridized carbons (Fsp3) is 0.526. The Kier molecular flexibility index (Phi) is 7.18. The first-order valence-electron chi connectivity index (χ1n) is 9.25. The van der Waals surface area contributed by atoms with Gasteiger partial charge in [0.1, 0.15) is 0 Å². The van der Waals surface area contributed by atoms with Crippen LogP contribution in [0.1, 0.15) is 26.7 Å². The number of primary amides is 1. The van der Waals surface area contributed by atoms with Gasteiger partial charge in [0.15, 0.2) is 0 Å². The zero-order chi connectivity index (χ0) is 20.0. The molecule has 1 saturated heterocycles. The lowest BCUT2D eigenvalue weighted by Crippen LogP contribution is -2.46. The summed E-state index contributed by atoms with van der Waals surface area (Å²) >= 11 is 0. The molecule has 1 fully saturated rings. The summed E-state index contributed by atoms with van der Waals surface area (Å²) in [5.74, 6) is -0.960. The second-order valence-corrected chi connectivity index (χ2v) is 7.25. The Morgan fingerprint density at radius 3 is 2.48 bits per heavy atom. The normalized spacial score (nSPS) is 16.1. The minimum Gasteiger partial charge on any atom is -0.371 e. The Morgan fingerprint density at radius 2 is 1.89 bits per heavy atom. The molecule has 8 nitrogen and oxygen atoms in total. The molecular weight excluding hydrogens is 346 g/mol. The predicted octanol–water partition coefficient (Wildman–Crippen LogP) is 0.426. The monoisotopic (exact) mass is 375 g/mol. The molecule has 0 radical (unpaired) electrons. The van der Waals surface area contributed by atoms with E-state index >= 15 is 0 Å². The number of nitrogens with zero attached hydrogens (tertiary/aromatic N) is 1. The van der Waals surface area contributed by atoms with Crippen LogP contribution in [0.2, 0.25) is 0 Å². The Bertz CT molecular complexity index is 684. The number of carbonyl (C=O) groups excluding carboxylic acids is 3. The highest BCUT2D eigenvalue weighted by Crippen LogP contribution is 2.25. The Balaban J connectivity index is 1.87. The van der Waals surface area contributed by atoms with Gasteiger partial charge >= 0.3 is 0 Å². The van der Waals surface area contributed by atoms with E-state index < -0.39 is 6.04 Å². The van der Waals surface area contributed by atoms with Gasteiger partial charge in [0.2, 0.25) is 17.7 Å². The van der Waals surface area contributed by atoms with E-state index in [1.165, 1.54) is 0 Å². The van der Waals surface area contributed by atoms with Crippen LogP contribution < -0.4 is 27.0 Å². The third-order valence-corrected chi connectivity index (χ3v) is 4.84. The minimum atomic E-state index is -0.635. The SMILES string of the molecule is CC(C)[C@H](N)C(=O)NCC(=O)Nc1cccc(N2CCC(C(N)=O)CC2)c1. The number of anilines is 2. The summed E-state index contributed by atoms with van der Waals surface area (Å²) in [6.07, 6.45) is 1.46. The Morgan fingerprint density at radius 1 is 1.22 bits per heavy atom. The molecule has 27 heavy (non-hydrogen) atoms. The number of nitrogens with two attached hydrogens (primary N) is 2. The van der Waals surface area contributed by atoms with E-state index in [1.54, 1.807) is 6.07 Å². The van der Waals surface area contributed by atoms with Gasteiger partial charge in [-0.25, -0.2) is 0 Å². The van der Waals surface area contributed by atoms with Crippen LogP contribution in [0.15, 0.2) is 24.3 Å². The van der Waals surface area contributed by atoms with Crippen LogP contribution in [-0.2, 0) is 14.4 Å². The van der Waals surface area contributed by atoms with Gasteiger partial charge in [-0.05, 0) is 37.0 Å². The fourth-order valence-corrected chi connectivity index (χ4v) is 3.00. The lowest BCUT2D eigenvalue weighted by molar-refractivity contribution is -0.125. The Labute approximate surface area is 159 Å². The summed E-state index contributed by atoms with van der Waals surface area (Å²) in [6.45, 7) is 5.06. The van der Waals surface area contributed by atoms with Crippen molar-refractivity contribution in [3.8, 4) is 0 Å². The molecular formula is C19H29N5O3. The molecule has 1 heterocycles. The first-order valence-corrected chi connectivity index (χ1v) is 9.25. The van der Waals surface area contributed by atoms with Crippen molar-refractivity contribution in [2.75, 3.05) is 29.9 Å². The van der Waals surface area contributed by atoms with Gasteiger partial charge in [0, 0.05) is 30.4 Å². The van der Waals surface area contributed by atoms with Crippen molar-refractivity contribution in [3.63, 3.8) is 0 Å². The zero-order valence-corrected chi connectivity index (χ0v) is 15.9. The lowest BCUT2D eigenvalue weighted by Gasteiger charge is -2.32. The molecule has 1 aromatic carbocycles. The van der Waals surface area contributed by atoms with E-state index in [0.29, 0.717) is 5.69 Å². The number of benzene rings is 1. The molecule has 6 N–H and O–H groups in total. The van der Waals surface area contributed by atoms with E-state index in [2.05, 4.69) is 15.5 Å². The highest BCUT2D eigenvalue weighted by molar-refractivity contribution is 5.95. The molecule has 0 aromatic heterocycles. The van der Waals surface area contributed by atoms with Crippen molar-refractivity contribution in [2.24, 2.45) is 23.3 Å². The van der Waals surface area contributed by atoms with E-state index in [-0.39, 0.29) is 36.1 Å². The van der Waals surface area contributed by atoms with E-state index in [9.17, 15) is 14.4 Å². The summed E-state index contributed by atoms with van der Waals surface area (Å²) in [5, 5.41) is 5.32. The number of hydrogen-bond donors (Lipinski definition) is 4. The molecule has 0 aliphatic carbocycles. The molecule has 0 saturated carbocycles. The number of amides is 3. The van der Waals surface area contributed by atoms with Crippen LogP contribution in [0.25, 0.3) is 0 Å². The molecule has 0 spiro atoms. The summed E-state index contributed by atoms with van der Waals surface area (Å²) in [7, 11) is 0. The van der Waals surface area contributed by atoms with Gasteiger partial charge in [-0.3, -0.25) is 14.4 Å². The molecule has 1 aliphatic rings. The van der Waals surface area contributed by atoms with Crippen LogP contribution >= 0.6 is 0 Å². The van der Waals surface area contributed by atoms with E-state index in [1.807, 2.05) is 32.0 Å². The van der Waals surface area contributed by atoms with Gasteiger partial charge in [-0.15, -0.1) is 0 Å². The molecule has 1 atom stereocenters. The maximum absolute atomic E-state index is 12.1. The highest BCUT2D eigenvalue weighted by Gasteiger charge is 2.23. The third-order valence-electron chi connectivity index (χ3n) is 4.84. The number of rotatable bonds is 7. The van der Waals surface area contributed by atoms with Crippen molar-refractivity contribution in [2.45, 2.75) is 32.7 Å².